The molecule has 5 rings (SSSR count). The van der Waals surface area contributed by atoms with E-state index in [1.165, 1.54) is 11.3 Å². The molecule has 3 heterocycles. The van der Waals surface area contributed by atoms with Crippen LogP contribution in [0.3, 0.4) is 0 Å². The van der Waals surface area contributed by atoms with Crippen molar-refractivity contribution in [2.75, 3.05) is 13.1 Å². The number of carbonyl (C=O) groups is 1. The SMILES string of the molecule is CCN(CC)C(=O)C1=C(C)N=c2s/c(=C/c3ccc(-c4ccccc4C#N)o3)c(=O)n2[C@H]1c1ccc(Cl)cc1. The van der Waals surface area contributed by atoms with Crippen molar-refractivity contribution in [1.82, 2.24) is 9.47 Å². The lowest BCUT2D eigenvalue weighted by Gasteiger charge is -2.29. The van der Waals surface area contributed by atoms with Crippen molar-refractivity contribution >= 4 is 34.9 Å². The quantitative estimate of drug-likeness (QED) is 0.338. The molecule has 2 aromatic carbocycles. The minimum Gasteiger partial charge on any atom is -0.457 e. The number of thiazole rings is 1. The van der Waals surface area contributed by atoms with Crippen molar-refractivity contribution in [3.63, 3.8) is 0 Å². The molecule has 9 heteroatoms. The number of aromatic nitrogens is 1. The van der Waals surface area contributed by atoms with E-state index >= 15 is 0 Å². The highest BCUT2D eigenvalue weighted by atomic mass is 35.5. The van der Waals surface area contributed by atoms with Crippen molar-refractivity contribution in [2.45, 2.75) is 26.8 Å². The van der Waals surface area contributed by atoms with E-state index in [4.69, 9.17) is 21.0 Å². The van der Waals surface area contributed by atoms with Crippen LogP contribution in [-0.4, -0.2) is 28.5 Å². The molecule has 7 nitrogen and oxygen atoms in total. The fourth-order valence-corrected chi connectivity index (χ4v) is 5.89. The number of benzene rings is 2. The standard InChI is InChI=1S/C30H25ClN4O3S/c1-4-34(5-2)29(37)26-18(3)33-30-35(27(26)19-10-12-21(31)13-11-19)28(36)25(39-30)16-22-14-15-24(38-22)23-9-7-6-8-20(23)17-32/h6-16,27H,4-5H2,1-3H3/b25-16+/t27-/m0/s1. The van der Waals surface area contributed by atoms with Crippen LogP contribution in [0.4, 0.5) is 0 Å². The van der Waals surface area contributed by atoms with Crippen LogP contribution in [0.25, 0.3) is 17.4 Å². The molecule has 0 fully saturated rings. The van der Waals surface area contributed by atoms with Gasteiger partial charge in [0, 0.05) is 29.8 Å². The zero-order valence-electron chi connectivity index (χ0n) is 21.6. The summed E-state index contributed by atoms with van der Waals surface area (Å²) in [5.74, 6) is 0.858. The molecule has 1 atom stereocenters. The largest absolute Gasteiger partial charge is 0.457 e. The molecule has 1 amide bonds. The number of hydrogen-bond acceptors (Lipinski definition) is 6. The van der Waals surface area contributed by atoms with E-state index in [0.29, 0.717) is 61.4 Å². The molecule has 39 heavy (non-hydrogen) atoms. The summed E-state index contributed by atoms with van der Waals surface area (Å²) in [4.78, 5) is 34.4. The van der Waals surface area contributed by atoms with Gasteiger partial charge in [0.2, 0.25) is 0 Å². The summed E-state index contributed by atoms with van der Waals surface area (Å²) < 4.78 is 8.01. The molecular weight excluding hydrogens is 532 g/mol. The summed E-state index contributed by atoms with van der Waals surface area (Å²) in [6, 6.07) is 19.4. The zero-order valence-corrected chi connectivity index (χ0v) is 23.2. The van der Waals surface area contributed by atoms with Crippen LogP contribution in [0.15, 0.2) is 86.1 Å². The highest BCUT2D eigenvalue weighted by molar-refractivity contribution is 7.07. The number of rotatable bonds is 6. The first kappa shape index (κ1) is 26.4. The van der Waals surface area contributed by atoms with Crippen LogP contribution < -0.4 is 14.9 Å². The average molecular weight is 557 g/mol. The summed E-state index contributed by atoms with van der Waals surface area (Å²) in [5, 5.41) is 10.0. The van der Waals surface area contributed by atoms with Gasteiger partial charge in [-0.15, -0.1) is 0 Å². The number of amides is 1. The lowest BCUT2D eigenvalue weighted by atomic mass is 9.94. The summed E-state index contributed by atoms with van der Waals surface area (Å²) in [7, 11) is 0. The Morgan fingerprint density at radius 2 is 1.87 bits per heavy atom. The number of furan rings is 1. The lowest BCUT2D eigenvalue weighted by Crippen LogP contribution is -2.43. The first-order chi connectivity index (χ1) is 18.9. The van der Waals surface area contributed by atoms with Gasteiger partial charge >= 0.3 is 0 Å². The second-order valence-corrected chi connectivity index (χ2v) is 10.4. The van der Waals surface area contributed by atoms with Gasteiger partial charge in [0.25, 0.3) is 11.5 Å². The number of allylic oxidation sites excluding steroid dienone is 1. The minimum atomic E-state index is -0.650. The Labute approximate surface area is 234 Å². The Balaban J connectivity index is 1.65. The van der Waals surface area contributed by atoms with E-state index in [1.807, 2.05) is 45.0 Å². The van der Waals surface area contributed by atoms with Crippen molar-refractivity contribution in [3.8, 4) is 17.4 Å². The van der Waals surface area contributed by atoms with E-state index in [9.17, 15) is 14.9 Å². The Bertz CT molecular complexity index is 1820. The van der Waals surface area contributed by atoms with Crippen molar-refractivity contribution < 1.29 is 9.21 Å². The maximum absolute atomic E-state index is 13.9. The first-order valence-corrected chi connectivity index (χ1v) is 13.7. The van der Waals surface area contributed by atoms with Crippen molar-refractivity contribution in [1.29, 1.82) is 5.26 Å². The van der Waals surface area contributed by atoms with E-state index in [2.05, 4.69) is 6.07 Å². The van der Waals surface area contributed by atoms with Gasteiger partial charge < -0.3 is 9.32 Å². The number of nitrogens with zero attached hydrogens (tertiary/aromatic N) is 4. The van der Waals surface area contributed by atoms with Gasteiger partial charge in [0.1, 0.15) is 11.5 Å². The first-order valence-electron chi connectivity index (χ1n) is 12.5. The highest BCUT2D eigenvalue weighted by Crippen LogP contribution is 2.32. The Hall–Kier alpha value is -4.19. The molecule has 1 aliphatic heterocycles. The molecule has 0 aliphatic carbocycles. The van der Waals surface area contributed by atoms with Crippen LogP contribution in [0.2, 0.25) is 5.02 Å². The molecule has 0 radical (unpaired) electrons. The number of fused-ring (bicyclic) bond motifs is 1. The zero-order chi connectivity index (χ0) is 27.7. The highest BCUT2D eigenvalue weighted by Gasteiger charge is 2.34. The van der Waals surface area contributed by atoms with Crippen molar-refractivity contribution in [3.05, 3.63) is 114 Å². The summed E-state index contributed by atoms with van der Waals surface area (Å²) in [5.41, 5.74) is 2.72. The van der Waals surface area contributed by atoms with Crippen molar-refractivity contribution in [2.24, 2.45) is 4.99 Å². The molecule has 0 N–H and O–H groups in total. The third-order valence-corrected chi connectivity index (χ3v) is 7.94. The molecule has 0 saturated carbocycles. The summed E-state index contributed by atoms with van der Waals surface area (Å²) in [6.07, 6.45) is 1.67. The van der Waals surface area contributed by atoms with Crippen LogP contribution in [0.1, 0.15) is 43.7 Å². The molecule has 196 valence electrons. The van der Waals surface area contributed by atoms with Crippen LogP contribution in [0, 0.1) is 11.3 Å². The molecule has 0 saturated heterocycles. The summed E-state index contributed by atoms with van der Waals surface area (Å²) in [6.45, 7) is 6.74. The number of hydrogen-bond donors (Lipinski definition) is 0. The van der Waals surface area contributed by atoms with Gasteiger partial charge in [0.05, 0.1) is 33.5 Å². The van der Waals surface area contributed by atoms with Gasteiger partial charge in [0.15, 0.2) is 4.80 Å². The maximum atomic E-state index is 13.9. The predicted molar refractivity (Wildman–Crippen MR) is 152 cm³/mol. The Kier molecular flexibility index (Phi) is 7.38. The van der Waals surface area contributed by atoms with Gasteiger partial charge in [-0.3, -0.25) is 14.2 Å². The summed E-state index contributed by atoms with van der Waals surface area (Å²) >= 11 is 7.40. The lowest BCUT2D eigenvalue weighted by molar-refractivity contribution is -0.127. The fraction of sp³-hybridized carbons (Fsp3) is 0.200. The second kappa shape index (κ2) is 10.9. The predicted octanol–water partition coefficient (Wildman–Crippen LogP) is 4.89. The smallest absolute Gasteiger partial charge is 0.271 e. The van der Waals surface area contributed by atoms with E-state index in [1.54, 1.807) is 51.9 Å². The topological polar surface area (TPSA) is 91.6 Å². The van der Waals surface area contributed by atoms with E-state index < -0.39 is 6.04 Å². The second-order valence-electron chi connectivity index (χ2n) is 8.97. The van der Waals surface area contributed by atoms with E-state index in [0.717, 1.165) is 5.56 Å². The minimum absolute atomic E-state index is 0.151. The number of likely N-dealkylation sites (N-methyl/N-ethyl adjacent to an activating group) is 1. The average Bonchev–Trinajstić information content (AvgIpc) is 3.53. The molecule has 1 aliphatic rings. The molecule has 0 bridgehead atoms. The van der Waals surface area contributed by atoms with Gasteiger partial charge in [-0.25, -0.2) is 4.99 Å². The van der Waals surface area contributed by atoms with Crippen LogP contribution in [0.5, 0.6) is 0 Å². The normalized spacial score (nSPS) is 15.1. The number of carbonyl (C=O) groups excluding carboxylic acids is 1. The van der Waals surface area contributed by atoms with Crippen LogP contribution >= 0.6 is 22.9 Å². The molecular formula is C30H25ClN4O3S. The molecule has 0 unspecified atom stereocenters. The number of halogens is 1. The van der Waals surface area contributed by atoms with Gasteiger partial charge in [-0.2, -0.15) is 5.26 Å². The Morgan fingerprint density at radius 3 is 2.56 bits per heavy atom. The van der Waals surface area contributed by atoms with Crippen LogP contribution in [-0.2, 0) is 4.79 Å². The molecule has 0 spiro atoms. The fourth-order valence-electron chi connectivity index (χ4n) is 4.74. The van der Waals surface area contributed by atoms with E-state index in [-0.39, 0.29) is 11.5 Å². The van der Waals surface area contributed by atoms with Gasteiger partial charge in [-0.05, 0) is 62.7 Å². The molecule has 4 aromatic rings. The Morgan fingerprint density at radius 1 is 1.15 bits per heavy atom. The number of nitriles is 1. The van der Waals surface area contributed by atoms with Gasteiger partial charge in [-0.1, -0.05) is 47.2 Å². The molecule has 2 aromatic heterocycles. The third kappa shape index (κ3) is 4.87. The maximum Gasteiger partial charge on any atom is 0.271 e. The monoisotopic (exact) mass is 556 g/mol. The third-order valence-electron chi connectivity index (χ3n) is 6.70.